The van der Waals surface area contributed by atoms with Gasteiger partial charge < -0.3 is 15.4 Å². The van der Waals surface area contributed by atoms with Gasteiger partial charge in [-0.15, -0.1) is 0 Å². The van der Waals surface area contributed by atoms with Gasteiger partial charge in [-0.05, 0) is 26.8 Å². The molecule has 1 aromatic heterocycles. The Morgan fingerprint density at radius 2 is 2.08 bits per heavy atom. The number of aryl methyl sites for hydroxylation is 1. The van der Waals surface area contributed by atoms with Gasteiger partial charge in [0, 0.05) is 19.0 Å². The summed E-state index contributed by atoms with van der Waals surface area (Å²) in [6.07, 6.45) is 1.60. The molecule has 2 rings (SSSR count). The molecule has 1 fully saturated rings. The minimum absolute atomic E-state index is 0.0797. The molecule has 25 heavy (non-hydrogen) atoms. The van der Waals surface area contributed by atoms with Gasteiger partial charge in [-0.2, -0.15) is 0 Å². The SMILES string of the molecule is Cc1ncc(NC(=O)CN2CCOC(C)(C)C2)cc1NC(=O)C(C)C. The Morgan fingerprint density at radius 3 is 2.72 bits per heavy atom. The number of nitrogens with zero attached hydrogens (tertiary/aromatic N) is 2. The van der Waals surface area contributed by atoms with Crippen molar-refractivity contribution in [2.75, 3.05) is 36.9 Å². The Bertz CT molecular complexity index is 643. The number of anilines is 2. The van der Waals surface area contributed by atoms with Crippen LogP contribution in [0, 0.1) is 12.8 Å². The highest BCUT2D eigenvalue weighted by Crippen LogP contribution is 2.19. The van der Waals surface area contributed by atoms with Gasteiger partial charge in [-0.3, -0.25) is 19.5 Å². The molecular weight excluding hydrogens is 320 g/mol. The molecule has 1 aromatic rings. The van der Waals surface area contributed by atoms with Gasteiger partial charge in [-0.1, -0.05) is 13.8 Å². The van der Waals surface area contributed by atoms with E-state index in [1.54, 1.807) is 12.3 Å². The molecule has 7 nitrogen and oxygen atoms in total. The van der Waals surface area contributed by atoms with Crippen LogP contribution in [-0.2, 0) is 14.3 Å². The summed E-state index contributed by atoms with van der Waals surface area (Å²) in [6, 6.07) is 1.74. The molecule has 0 bridgehead atoms. The number of morpholine rings is 1. The minimum Gasteiger partial charge on any atom is -0.373 e. The second kappa shape index (κ2) is 7.93. The highest BCUT2D eigenvalue weighted by atomic mass is 16.5. The normalized spacial score (nSPS) is 17.4. The first-order valence-electron chi connectivity index (χ1n) is 8.60. The number of amides is 2. The van der Waals surface area contributed by atoms with E-state index < -0.39 is 0 Å². The highest BCUT2D eigenvalue weighted by molar-refractivity contribution is 5.95. The number of ether oxygens (including phenoxy) is 1. The standard InChI is InChI=1S/C18H28N4O3/c1-12(2)17(24)21-15-8-14(9-19-13(15)3)20-16(23)10-22-6-7-25-18(4,5)11-22/h8-9,12H,6-7,10-11H2,1-5H3,(H,20,23)(H,21,24). The minimum atomic E-state index is -0.238. The molecule has 1 aliphatic heterocycles. The van der Waals surface area contributed by atoms with E-state index in [0.29, 0.717) is 36.8 Å². The smallest absolute Gasteiger partial charge is 0.238 e. The molecular formula is C18H28N4O3. The van der Waals surface area contributed by atoms with E-state index in [0.717, 1.165) is 6.54 Å². The summed E-state index contributed by atoms with van der Waals surface area (Å²) in [5, 5.41) is 5.69. The molecule has 2 amide bonds. The molecule has 2 heterocycles. The molecule has 0 aromatic carbocycles. The van der Waals surface area contributed by atoms with Crippen molar-refractivity contribution in [2.45, 2.75) is 40.2 Å². The van der Waals surface area contributed by atoms with Crippen molar-refractivity contribution in [2.24, 2.45) is 5.92 Å². The van der Waals surface area contributed by atoms with Crippen LogP contribution in [0.3, 0.4) is 0 Å². The largest absolute Gasteiger partial charge is 0.373 e. The molecule has 0 atom stereocenters. The molecule has 0 aliphatic carbocycles. The topological polar surface area (TPSA) is 83.6 Å². The zero-order valence-electron chi connectivity index (χ0n) is 15.7. The first kappa shape index (κ1) is 19.3. The second-order valence-electron chi connectivity index (χ2n) is 7.37. The molecule has 0 saturated carbocycles. The molecule has 2 N–H and O–H groups in total. The monoisotopic (exact) mass is 348 g/mol. The van der Waals surface area contributed by atoms with Gasteiger partial charge in [0.2, 0.25) is 11.8 Å². The number of hydrogen-bond donors (Lipinski definition) is 2. The Hall–Kier alpha value is -1.99. The van der Waals surface area contributed by atoms with Crippen molar-refractivity contribution < 1.29 is 14.3 Å². The van der Waals surface area contributed by atoms with Crippen LogP contribution in [0.25, 0.3) is 0 Å². The molecule has 1 aliphatic rings. The van der Waals surface area contributed by atoms with Gasteiger partial charge in [0.05, 0.1) is 42.0 Å². The Morgan fingerprint density at radius 1 is 1.36 bits per heavy atom. The van der Waals surface area contributed by atoms with Gasteiger partial charge in [0.1, 0.15) is 0 Å². The van der Waals surface area contributed by atoms with Gasteiger partial charge >= 0.3 is 0 Å². The van der Waals surface area contributed by atoms with E-state index in [9.17, 15) is 9.59 Å². The third-order valence-corrected chi connectivity index (χ3v) is 4.02. The van der Waals surface area contributed by atoms with E-state index >= 15 is 0 Å². The van der Waals surface area contributed by atoms with E-state index in [4.69, 9.17) is 4.74 Å². The maximum absolute atomic E-state index is 12.3. The van der Waals surface area contributed by atoms with Crippen LogP contribution in [-0.4, -0.2) is 53.5 Å². The summed E-state index contributed by atoms with van der Waals surface area (Å²) in [6.45, 7) is 11.9. The van der Waals surface area contributed by atoms with Crippen molar-refractivity contribution in [1.29, 1.82) is 0 Å². The fourth-order valence-electron chi connectivity index (χ4n) is 2.66. The summed E-state index contributed by atoms with van der Waals surface area (Å²) >= 11 is 0. The van der Waals surface area contributed by atoms with E-state index in [1.165, 1.54) is 0 Å². The Labute approximate surface area is 149 Å². The van der Waals surface area contributed by atoms with Crippen molar-refractivity contribution in [3.05, 3.63) is 18.0 Å². The maximum Gasteiger partial charge on any atom is 0.238 e. The lowest BCUT2D eigenvalue weighted by Gasteiger charge is -2.37. The molecule has 0 radical (unpaired) electrons. The van der Waals surface area contributed by atoms with Gasteiger partial charge in [0.15, 0.2) is 0 Å². The number of pyridine rings is 1. The predicted octanol–water partition coefficient (Wildman–Crippen LogP) is 2.03. The predicted molar refractivity (Wildman–Crippen MR) is 97.5 cm³/mol. The lowest BCUT2D eigenvalue weighted by Crippen LogP contribution is -2.50. The van der Waals surface area contributed by atoms with Crippen molar-refractivity contribution in [1.82, 2.24) is 9.88 Å². The summed E-state index contributed by atoms with van der Waals surface area (Å²) in [5.41, 5.74) is 1.66. The van der Waals surface area contributed by atoms with Crippen LogP contribution >= 0.6 is 0 Å². The van der Waals surface area contributed by atoms with Gasteiger partial charge in [0.25, 0.3) is 0 Å². The van der Waals surface area contributed by atoms with Crippen LogP contribution in [0.1, 0.15) is 33.4 Å². The first-order chi connectivity index (χ1) is 11.7. The lowest BCUT2D eigenvalue weighted by atomic mass is 10.1. The van der Waals surface area contributed by atoms with Crippen LogP contribution in [0.2, 0.25) is 0 Å². The first-order valence-corrected chi connectivity index (χ1v) is 8.60. The van der Waals surface area contributed by atoms with Gasteiger partial charge in [-0.25, -0.2) is 0 Å². The van der Waals surface area contributed by atoms with Crippen molar-refractivity contribution >= 4 is 23.2 Å². The van der Waals surface area contributed by atoms with Crippen LogP contribution < -0.4 is 10.6 Å². The number of rotatable bonds is 5. The van der Waals surface area contributed by atoms with Crippen LogP contribution in [0.5, 0.6) is 0 Å². The molecule has 7 heteroatoms. The number of carbonyl (C=O) groups excluding carboxylic acids is 2. The fourth-order valence-corrected chi connectivity index (χ4v) is 2.66. The zero-order valence-corrected chi connectivity index (χ0v) is 15.7. The Balaban J connectivity index is 1.97. The average Bonchev–Trinajstić information content (AvgIpc) is 2.49. The quantitative estimate of drug-likeness (QED) is 0.851. The summed E-state index contributed by atoms with van der Waals surface area (Å²) < 4.78 is 5.66. The summed E-state index contributed by atoms with van der Waals surface area (Å²) in [5.74, 6) is -0.310. The van der Waals surface area contributed by atoms with E-state index in [1.807, 2.05) is 34.6 Å². The molecule has 0 spiro atoms. The molecule has 138 valence electrons. The second-order valence-corrected chi connectivity index (χ2v) is 7.37. The fraction of sp³-hybridized carbons (Fsp3) is 0.611. The Kier molecular flexibility index (Phi) is 6.13. The summed E-state index contributed by atoms with van der Waals surface area (Å²) in [7, 11) is 0. The zero-order chi connectivity index (χ0) is 18.6. The van der Waals surface area contributed by atoms with Crippen molar-refractivity contribution in [3.8, 4) is 0 Å². The summed E-state index contributed by atoms with van der Waals surface area (Å²) in [4.78, 5) is 30.5. The third-order valence-electron chi connectivity index (χ3n) is 4.02. The lowest BCUT2D eigenvalue weighted by molar-refractivity contribution is -0.123. The van der Waals surface area contributed by atoms with Crippen LogP contribution in [0.4, 0.5) is 11.4 Å². The third kappa shape index (κ3) is 5.79. The van der Waals surface area contributed by atoms with Crippen molar-refractivity contribution in [3.63, 3.8) is 0 Å². The molecule has 0 unspecified atom stereocenters. The number of carbonyl (C=O) groups is 2. The number of aromatic nitrogens is 1. The highest BCUT2D eigenvalue weighted by Gasteiger charge is 2.28. The maximum atomic E-state index is 12.3. The number of nitrogens with one attached hydrogen (secondary N) is 2. The average molecular weight is 348 g/mol. The van der Waals surface area contributed by atoms with E-state index in [2.05, 4.69) is 20.5 Å². The van der Waals surface area contributed by atoms with E-state index in [-0.39, 0.29) is 23.3 Å². The number of hydrogen-bond acceptors (Lipinski definition) is 5. The van der Waals surface area contributed by atoms with Crippen LogP contribution in [0.15, 0.2) is 12.3 Å². The molecule has 1 saturated heterocycles.